The van der Waals surface area contributed by atoms with E-state index in [4.69, 9.17) is 6.42 Å². The number of amides is 1. The average molecular weight is 268 g/mol. The molecule has 0 fully saturated rings. The van der Waals surface area contributed by atoms with Crippen LogP contribution in [0.4, 0.5) is 14.5 Å². The highest BCUT2D eigenvalue weighted by molar-refractivity contribution is 5.95. The van der Waals surface area contributed by atoms with E-state index in [2.05, 4.69) is 11.2 Å². The Kier molecular flexibility index (Phi) is 3.85. The van der Waals surface area contributed by atoms with Crippen LogP contribution in [0.15, 0.2) is 12.1 Å². The molecule has 1 rings (SSSR count). The Bertz CT molecular complexity index is 591. The van der Waals surface area contributed by atoms with E-state index >= 15 is 0 Å². The number of hydrogen-bond acceptors (Lipinski definition) is 3. The molecule has 100 valence electrons. The summed E-state index contributed by atoms with van der Waals surface area (Å²) in [5, 5.41) is 12.7. The summed E-state index contributed by atoms with van der Waals surface area (Å²) in [6, 6.07) is 0.822. The summed E-state index contributed by atoms with van der Waals surface area (Å²) in [5.41, 5.74) is -2.74. The third-order valence-electron chi connectivity index (χ3n) is 2.26. The van der Waals surface area contributed by atoms with Gasteiger partial charge in [0.15, 0.2) is 0 Å². The molecule has 0 spiro atoms. The molecule has 1 N–H and O–H groups in total. The number of nitro groups is 1. The van der Waals surface area contributed by atoms with E-state index in [1.54, 1.807) is 0 Å². The van der Waals surface area contributed by atoms with Gasteiger partial charge < -0.3 is 5.32 Å². The lowest BCUT2D eigenvalue weighted by atomic mass is 10.1. The van der Waals surface area contributed by atoms with Crippen molar-refractivity contribution in [3.63, 3.8) is 0 Å². The zero-order chi connectivity index (χ0) is 14.8. The minimum absolute atomic E-state index is 0.354. The zero-order valence-corrected chi connectivity index (χ0v) is 10.2. The molecule has 1 amide bonds. The fourth-order valence-corrected chi connectivity index (χ4v) is 1.24. The first-order valence-corrected chi connectivity index (χ1v) is 5.11. The first-order chi connectivity index (χ1) is 8.68. The number of hydrogen-bond donors (Lipinski definition) is 1. The van der Waals surface area contributed by atoms with Crippen LogP contribution in [0.3, 0.4) is 0 Å². The van der Waals surface area contributed by atoms with Crippen LogP contribution in [0.5, 0.6) is 0 Å². The first kappa shape index (κ1) is 14.6. The minimum atomic E-state index is -1.30. The molecule has 0 aliphatic carbocycles. The molecule has 0 radical (unpaired) electrons. The number of terminal acetylenes is 1. The monoisotopic (exact) mass is 268 g/mol. The third-order valence-corrected chi connectivity index (χ3v) is 2.26. The molecule has 0 aliphatic heterocycles. The van der Waals surface area contributed by atoms with Crippen molar-refractivity contribution < 1.29 is 18.5 Å². The van der Waals surface area contributed by atoms with Gasteiger partial charge >= 0.3 is 5.69 Å². The van der Waals surface area contributed by atoms with Gasteiger partial charge in [0.25, 0.3) is 5.91 Å². The van der Waals surface area contributed by atoms with Crippen LogP contribution in [-0.2, 0) is 0 Å². The maximum atomic E-state index is 13.5. The molecule has 0 bridgehead atoms. The molecule has 5 nitrogen and oxygen atoms in total. The second kappa shape index (κ2) is 5.02. The van der Waals surface area contributed by atoms with E-state index in [0.29, 0.717) is 12.1 Å². The van der Waals surface area contributed by atoms with E-state index < -0.39 is 39.3 Å². The number of nitro benzene ring substituents is 1. The fourth-order valence-electron chi connectivity index (χ4n) is 1.24. The number of rotatable bonds is 3. The van der Waals surface area contributed by atoms with Gasteiger partial charge in [0.2, 0.25) is 5.82 Å². The number of carbonyl (C=O) groups is 1. The lowest BCUT2D eigenvalue weighted by Crippen LogP contribution is -2.42. The Morgan fingerprint density at radius 3 is 2.47 bits per heavy atom. The van der Waals surface area contributed by atoms with Gasteiger partial charge in [-0.2, -0.15) is 4.39 Å². The maximum absolute atomic E-state index is 13.5. The molecule has 0 atom stereocenters. The van der Waals surface area contributed by atoms with Crippen LogP contribution >= 0.6 is 0 Å². The van der Waals surface area contributed by atoms with Crippen molar-refractivity contribution in [2.45, 2.75) is 19.4 Å². The minimum Gasteiger partial charge on any atom is -0.336 e. The van der Waals surface area contributed by atoms with E-state index in [0.717, 1.165) is 0 Å². The summed E-state index contributed by atoms with van der Waals surface area (Å²) in [5.74, 6) is -1.19. The molecule has 0 unspecified atom stereocenters. The predicted molar refractivity (Wildman–Crippen MR) is 63.4 cm³/mol. The molecular formula is C12H10F2N2O3. The Morgan fingerprint density at radius 1 is 1.42 bits per heavy atom. The summed E-state index contributed by atoms with van der Waals surface area (Å²) >= 11 is 0. The van der Waals surface area contributed by atoms with Crippen molar-refractivity contribution in [3.05, 3.63) is 39.4 Å². The zero-order valence-electron chi connectivity index (χ0n) is 10.2. The number of carbonyl (C=O) groups excluding carboxylic acids is 1. The van der Waals surface area contributed by atoms with Crippen molar-refractivity contribution in [1.82, 2.24) is 5.32 Å². The predicted octanol–water partition coefficient (Wildman–Crippen LogP) is 2.01. The maximum Gasteiger partial charge on any atom is 0.307 e. The smallest absolute Gasteiger partial charge is 0.307 e. The van der Waals surface area contributed by atoms with Gasteiger partial charge in [-0.15, -0.1) is 6.42 Å². The van der Waals surface area contributed by atoms with Crippen LogP contribution in [-0.4, -0.2) is 16.4 Å². The van der Waals surface area contributed by atoms with Crippen LogP contribution in [0.1, 0.15) is 24.2 Å². The molecule has 0 aromatic heterocycles. The Hall–Kier alpha value is -2.49. The SMILES string of the molecule is C#CC(C)(C)NC(=O)c1cc(F)c([N+](=O)[O-])cc1F. The van der Waals surface area contributed by atoms with Crippen LogP contribution in [0.25, 0.3) is 0 Å². The molecule has 0 heterocycles. The highest BCUT2D eigenvalue weighted by atomic mass is 19.1. The van der Waals surface area contributed by atoms with E-state index in [1.807, 2.05) is 0 Å². The highest BCUT2D eigenvalue weighted by Crippen LogP contribution is 2.21. The molecule has 1 aromatic rings. The molecule has 0 saturated carbocycles. The van der Waals surface area contributed by atoms with Crippen LogP contribution < -0.4 is 5.32 Å². The third kappa shape index (κ3) is 3.25. The van der Waals surface area contributed by atoms with Gasteiger partial charge in [0.1, 0.15) is 5.82 Å². The van der Waals surface area contributed by atoms with Crippen molar-refractivity contribution in [2.75, 3.05) is 0 Å². The molecule has 0 saturated heterocycles. The normalized spacial score (nSPS) is 10.7. The fraction of sp³-hybridized carbons (Fsp3) is 0.250. The van der Waals surface area contributed by atoms with Crippen molar-refractivity contribution in [2.24, 2.45) is 0 Å². The summed E-state index contributed by atoms with van der Waals surface area (Å²) in [6.45, 7) is 2.98. The number of nitrogens with one attached hydrogen (secondary N) is 1. The number of benzene rings is 1. The van der Waals surface area contributed by atoms with Gasteiger partial charge in [-0.3, -0.25) is 14.9 Å². The Labute approximate surface area is 107 Å². The standard InChI is InChI=1S/C12H10F2N2O3/c1-4-12(2,3)15-11(17)7-5-9(14)10(16(18)19)6-8(7)13/h1,5-6H,2-3H3,(H,15,17). The van der Waals surface area contributed by atoms with Crippen LogP contribution in [0.2, 0.25) is 0 Å². The summed E-state index contributed by atoms with van der Waals surface area (Å²) in [6.07, 6.45) is 5.14. The summed E-state index contributed by atoms with van der Waals surface area (Å²) in [7, 11) is 0. The average Bonchev–Trinajstić information content (AvgIpc) is 2.30. The van der Waals surface area contributed by atoms with E-state index in [1.165, 1.54) is 13.8 Å². The van der Waals surface area contributed by atoms with Gasteiger partial charge in [-0.05, 0) is 19.9 Å². The molecular weight excluding hydrogens is 258 g/mol. The first-order valence-electron chi connectivity index (χ1n) is 5.11. The molecule has 0 aliphatic rings. The number of nitrogens with zero attached hydrogens (tertiary/aromatic N) is 1. The summed E-state index contributed by atoms with van der Waals surface area (Å²) in [4.78, 5) is 21.0. The largest absolute Gasteiger partial charge is 0.336 e. The highest BCUT2D eigenvalue weighted by Gasteiger charge is 2.25. The second-order valence-corrected chi connectivity index (χ2v) is 4.26. The van der Waals surface area contributed by atoms with Crippen molar-refractivity contribution >= 4 is 11.6 Å². The van der Waals surface area contributed by atoms with Gasteiger partial charge in [-0.1, -0.05) is 5.92 Å². The quantitative estimate of drug-likeness (QED) is 0.518. The summed E-state index contributed by atoms with van der Waals surface area (Å²) < 4.78 is 26.9. The second-order valence-electron chi connectivity index (χ2n) is 4.26. The number of halogens is 2. The topological polar surface area (TPSA) is 72.2 Å². The molecule has 1 aromatic carbocycles. The van der Waals surface area contributed by atoms with E-state index in [9.17, 15) is 23.7 Å². The Morgan fingerprint density at radius 2 is 2.00 bits per heavy atom. The van der Waals surface area contributed by atoms with E-state index in [-0.39, 0.29) is 0 Å². The van der Waals surface area contributed by atoms with Gasteiger partial charge in [0, 0.05) is 0 Å². The van der Waals surface area contributed by atoms with Crippen molar-refractivity contribution in [1.29, 1.82) is 0 Å². The van der Waals surface area contributed by atoms with Crippen LogP contribution in [0, 0.1) is 34.1 Å². The van der Waals surface area contributed by atoms with Gasteiger partial charge in [0.05, 0.1) is 22.1 Å². The van der Waals surface area contributed by atoms with Gasteiger partial charge in [-0.25, -0.2) is 4.39 Å². The van der Waals surface area contributed by atoms with Crippen molar-refractivity contribution in [3.8, 4) is 12.3 Å². The lowest BCUT2D eigenvalue weighted by molar-refractivity contribution is -0.387. The Balaban J connectivity index is 3.17. The molecule has 19 heavy (non-hydrogen) atoms. The molecule has 7 heteroatoms. The lowest BCUT2D eigenvalue weighted by Gasteiger charge is -2.19.